The Morgan fingerprint density at radius 2 is 2.17 bits per heavy atom. The first-order valence-corrected chi connectivity index (χ1v) is 5.76. The molecule has 5 heteroatoms. The summed E-state index contributed by atoms with van der Waals surface area (Å²) < 4.78 is 4.97. The van der Waals surface area contributed by atoms with Gasteiger partial charge < -0.3 is 20.1 Å². The Balaban J connectivity index is 2.72. The van der Waals surface area contributed by atoms with Crippen LogP contribution < -0.4 is 10.1 Å². The molecule has 0 radical (unpaired) electrons. The summed E-state index contributed by atoms with van der Waals surface area (Å²) in [7, 11) is 5.38. The molecule has 0 aliphatic heterocycles. The van der Waals surface area contributed by atoms with E-state index in [1.165, 1.54) is 13.2 Å². The van der Waals surface area contributed by atoms with Gasteiger partial charge in [-0.25, -0.2) is 0 Å². The number of likely N-dealkylation sites (N-methyl/N-ethyl adjacent to an activating group) is 1. The van der Waals surface area contributed by atoms with Crippen LogP contribution in [0.2, 0.25) is 0 Å². The number of aromatic hydroxyl groups is 1. The van der Waals surface area contributed by atoms with Gasteiger partial charge in [0.05, 0.1) is 12.7 Å². The second-order valence-corrected chi connectivity index (χ2v) is 4.52. The molecule has 1 amide bonds. The fourth-order valence-corrected chi connectivity index (χ4v) is 1.73. The highest BCUT2D eigenvalue weighted by Crippen LogP contribution is 2.23. The van der Waals surface area contributed by atoms with Gasteiger partial charge in [0.25, 0.3) is 5.91 Å². The second kappa shape index (κ2) is 6.26. The largest absolute Gasteiger partial charge is 0.507 e. The van der Waals surface area contributed by atoms with Crippen LogP contribution in [0, 0.1) is 0 Å². The number of phenols is 1. The van der Waals surface area contributed by atoms with Crippen LogP contribution in [-0.4, -0.2) is 49.7 Å². The number of benzene rings is 1. The SMILES string of the molecule is COc1ccc(C(=O)NC(C)CN(C)C)c(O)c1. The van der Waals surface area contributed by atoms with Crippen LogP contribution in [0.15, 0.2) is 18.2 Å². The highest BCUT2D eigenvalue weighted by Gasteiger charge is 2.14. The smallest absolute Gasteiger partial charge is 0.255 e. The minimum Gasteiger partial charge on any atom is -0.507 e. The van der Waals surface area contributed by atoms with E-state index >= 15 is 0 Å². The number of amides is 1. The quantitative estimate of drug-likeness (QED) is 0.823. The fourth-order valence-electron chi connectivity index (χ4n) is 1.73. The lowest BCUT2D eigenvalue weighted by atomic mass is 10.1. The van der Waals surface area contributed by atoms with E-state index in [1.807, 2.05) is 25.9 Å². The van der Waals surface area contributed by atoms with E-state index in [0.29, 0.717) is 5.75 Å². The lowest BCUT2D eigenvalue weighted by molar-refractivity contribution is 0.0931. The molecule has 18 heavy (non-hydrogen) atoms. The zero-order valence-electron chi connectivity index (χ0n) is 11.2. The maximum absolute atomic E-state index is 11.9. The van der Waals surface area contributed by atoms with Gasteiger partial charge in [-0.05, 0) is 33.2 Å². The molecule has 0 saturated carbocycles. The zero-order valence-corrected chi connectivity index (χ0v) is 11.2. The first-order valence-electron chi connectivity index (χ1n) is 5.76. The summed E-state index contributed by atoms with van der Waals surface area (Å²) in [6.45, 7) is 2.65. The molecule has 1 aromatic rings. The average molecular weight is 252 g/mol. The van der Waals surface area contributed by atoms with Gasteiger partial charge in [-0.3, -0.25) is 4.79 Å². The number of nitrogens with one attached hydrogen (secondary N) is 1. The third-order valence-electron chi connectivity index (χ3n) is 2.47. The second-order valence-electron chi connectivity index (χ2n) is 4.52. The average Bonchev–Trinajstić information content (AvgIpc) is 2.27. The Morgan fingerprint density at radius 3 is 2.67 bits per heavy atom. The van der Waals surface area contributed by atoms with Crippen molar-refractivity contribution in [3.05, 3.63) is 23.8 Å². The molecule has 1 unspecified atom stereocenters. The predicted molar refractivity (Wildman–Crippen MR) is 70.1 cm³/mol. The molecule has 0 bridgehead atoms. The van der Waals surface area contributed by atoms with Crippen molar-refractivity contribution >= 4 is 5.91 Å². The standard InChI is InChI=1S/C13H20N2O3/c1-9(8-15(2)3)14-13(17)11-6-5-10(18-4)7-12(11)16/h5-7,9,16H,8H2,1-4H3,(H,14,17). The number of hydrogen-bond acceptors (Lipinski definition) is 4. The summed E-state index contributed by atoms with van der Waals surface area (Å²) in [4.78, 5) is 13.9. The van der Waals surface area contributed by atoms with Crippen molar-refractivity contribution < 1.29 is 14.6 Å². The molecule has 1 atom stereocenters. The number of methoxy groups -OCH3 is 1. The number of ether oxygens (including phenoxy) is 1. The molecule has 0 spiro atoms. The molecule has 0 saturated heterocycles. The number of hydrogen-bond donors (Lipinski definition) is 2. The summed E-state index contributed by atoms with van der Waals surface area (Å²) >= 11 is 0. The van der Waals surface area contributed by atoms with Crippen LogP contribution in [0.25, 0.3) is 0 Å². The van der Waals surface area contributed by atoms with E-state index < -0.39 is 0 Å². The number of rotatable bonds is 5. The van der Waals surface area contributed by atoms with Crippen LogP contribution >= 0.6 is 0 Å². The van der Waals surface area contributed by atoms with E-state index in [4.69, 9.17) is 4.74 Å². The van der Waals surface area contributed by atoms with Crippen LogP contribution in [0.5, 0.6) is 11.5 Å². The minimum absolute atomic E-state index is 0.00833. The number of carbonyl (C=O) groups is 1. The van der Waals surface area contributed by atoms with Gasteiger partial charge in [0.1, 0.15) is 11.5 Å². The monoisotopic (exact) mass is 252 g/mol. The van der Waals surface area contributed by atoms with Gasteiger partial charge >= 0.3 is 0 Å². The van der Waals surface area contributed by atoms with Crippen molar-refractivity contribution in [2.45, 2.75) is 13.0 Å². The molecule has 5 nitrogen and oxygen atoms in total. The molecular weight excluding hydrogens is 232 g/mol. The molecular formula is C13H20N2O3. The van der Waals surface area contributed by atoms with Gasteiger partial charge in [0.15, 0.2) is 0 Å². The van der Waals surface area contributed by atoms with E-state index in [-0.39, 0.29) is 23.3 Å². The van der Waals surface area contributed by atoms with Gasteiger partial charge in [-0.15, -0.1) is 0 Å². The van der Waals surface area contributed by atoms with Crippen LogP contribution in [-0.2, 0) is 0 Å². The maximum atomic E-state index is 11.9. The first kappa shape index (κ1) is 14.3. The number of phenolic OH excluding ortho intramolecular Hbond substituents is 1. The summed E-state index contributed by atoms with van der Waals surface area (Å²) in [5.74, 6) is 0.152. The third-order valence-corrected chi connectivity index (χ3v) is 2.47. The summed E-state index contributed by atoms with van der Waals surface area (Å²) in [6.07, 6.45) is 0. The Morgan fingerprint density at radius 1 is 1.50 bits per heavy atom. The minimum atomic E-state index is -0.287. The Hall–Kier alpha value is -1.75. The normalized spacial score (nSPS) is 12.3. The lowest BCUT2D eigenvalue weighted by Gasteiger charge is -2.18. The van der Waals surface area contributed by atoms with Gasteiger partial charge in [-0.2, -0.15) is 0 Å². The first-order chi connectivity index (χ1) is 8.43. The fraction of sp³-hybridized carbons (Fsp3) is 0.462. The Labute approximate surface area is 107 Å². The van der Waals surface area contributed by atoms with Crippen molar-refractivity contribution in [2.75, 3.05) is 27.7 Å². The molecule has 1 rings (SSSR count). The van der Waals surface area contributed by atoms with Crippen LogP contribution in [0.1, 0.15) is 17.3 Å². The molecule has 0 aromatic heterocycles. The van der Waals surface area contributed by atoms with Crippen molar-refractivity contribution in [2.24, 2.45) is 0 Å². The highest BCUT2D eigenvalue weighted by molar-refractivity contribution is 5.97. The third kappa shape index (κ3) is 3.92. The van der Waals surface area contributed by atoms with Crippen LogP contribution in [0.3, 0.4) is 0 Å². The Kier molecular flexibility index (Phi) is 4.97. The molecule has 100 valence electrons. The predicted octanol–water partition coefficient (Wildman–Crippen LogP) is 1.08. The van der Waals surface area contributed by atoms with Crippen LogP contribution in [0.4, 0.5) is 0 Å². The molecule has 2 N–H and O–H groups in total. The van der Waals surface area contributed by atoms with E-state index in [0.717, 1.165) is 6.54 Å². The van der Waals surface area contributed by atoms with E-state index in [1.54, 1.807) is 12.1 Å². The van der Waals surface area contributed by atoms with Crippen molar-refractivity contribution in [3.63, 3.8) is 0 Å². The molecule has 1 aromatic carbocycles. The maximum Gasteiger partial charge on any atom is 0.255 e. The highest BCUT2D eigenvalue weighted by atomic mass is 16.5. The zero-order chi connectivity index (χ0) is 13.7. The summed E-state index contributed by atoms with van der Waals surface area (Å²) in [5.41, 5.74) is 0.251. The van der Waals surface area contributed by atoms with E-state index in [2.05, 4.69) is 5.32 Å². The topological polar surface area (TPSA) is 61.8 Å². The lowest BCUT2D eigenvalue weighted by Crippen LogP contribution is -2.39. The van der Waals surface area contributed by atoms with Crippen molar-refractivity contribution in [3.8, 4) is 11.5 Å². The van der Waals surface area contributed by atoms with E-state index in [9.17, 15) is 9.90 Å². The summed E-state index contributed by atoms with van der Waals surface area (Å²) in [6, 6.07) is 4.62. The van der Waals surface area contributed by atoms with Gasteiger partial charge in [-0.1, -0.05) is 0 Å². The number of nitrogens with zero attached hydrogens (tertiary/aromatic N) is 1. The molecule has 0 aliphatic rings. The van der Waals surface area contributed by atoms with Crippen molar-refractivity contribution in [1.29, 1.82) is 0 Å². The summed E-state index contributed by atoms with van der Waals surface area (Å²) in [5, 5.41) is 12.6. The van der Waals surface area contributed by atoms with Gasteiger partial charge in [0.2, 0.25) is 0 Å². The molecule has 0 fully saturated rings. The van der Waals surface area contributed by atoms with Gasteiger partial charge in [0, 0.05) is 18.7 Å². The Bertz CT molecular complexity index is 419. The molecule has 0 heterocycles. The number of carbonyl (C=O) groups excluding carboxylic acids is 1. The molecule has 0 aliphatic carbocycles. The van der Waals surface area contributed by atoms with Crippen molar-refractivity contribution in [1.82, 2.24) is 10.2 Å².